The highest BCUT2D eigenvalue weighted by molar-refractivity contribution is 14.1. The van der Waals surface area contributed by atoms with E-state index in [0.29, 0.717) is 13.2 Å². The Morgan fingerprint density at radius 3 is 2.76 bits per heavy atom. The number of likely N-dealkylation sites (tertiary alicyclic amines) is 1. The minimum atomic E-state index is 0.0221. The standard InChI is InChI=1S/C15H21IN2O3/c16-13-3-1-2-4-14(13)17-15(20)11-18-7-5-12(6-8-18)21-10-9-19/h1-4,12,19H,5-11H2,(H,17,20). The molecule has 0 aliphatic carbocycles. The molecule has 5 nitrogen and oxygen atoms in total. The molecule has 116 valence electrons. The lowest BCUT2D eigenvalue weighted by molar-refractivity contribution is -0.118. The van der Waals surface area contributed by atoms with Crippen LogP contribution >= 0.6 is 22.6 Å². The molecule has 1 aromatic carbocycles. The summed E-state index contributed by atoms with van der Waals surface area (Å²) < 4.78 is 6.56. The quantitative estimate of drug-likeness (QED) is 0.709. The van der Waals surface area contributed by atoms with E-state index in [-0.39, 0.29) is 18.6 Å². The summed E-state index contributed by atoms with van der Waals surface area (Å²) in [6.45, 7) is 2.60. The van der Waals surface area contributed by atoms with Crippen molar-refractivity contribution in [3.05, 3.63) is 27.8 Å². The van der Waals surface area contributed by atoms with Crippen molar-refractivity contribution in [2.45, 2.75) is 18.9 Å². The van der Waals surface area contributed by atoms with Gasteiger partial charge in [-0.05, 0) is 47.6 Å². The van der Waals surface area contributed by atoms with Gasteiger partial charge in [0.05, 0.1) is 31.5 Å². The highest BCUT2D eigenvalue weighted by Crippen LogP contribution is 2.17. The van der Waals surface area contributed by atoms with Gasteiger partial charge in [-0.25, -0.2) is 0 Å². The van der Waals surface area contributed by atoms with Crippen molar-refractivity contribution >= 4 is 34.2 Å². The Hall–Kier alpha value is -0.700. The van der Waals surface area contributed by atoms with E-state index in [0.717, 1.165) is 35.2 Å². The number of carbonyl (C=O) groups excluding carboxylic acids is 1. The third kappa shape index (κ3) is 5.54. The fraction of sp³-hybridized carbons (Fsp3) is 0.533. The molecule has 21 heavy (non-hydrogen) atoms. The number of anilines is 1. The van der Waals surface area contributed by atoms with Gasteiger partial charge in [-0.2, -0.15) is 0 Å². The van der Waals surface area contributed by atoms with Gasteiger partial charge in [0.1, 0.15) is 0 Å². The number of hydrogen-bond acceptors (Lipinski definition) is 4. The summed E-state index contributed by atoms with van der Waals surface area (Å²) in [6.07, 6.45) is 2.04. The van der Waals surface area contributed by atoms with E-state index in [2.05, 4.69) is 32.8 Å². The molecule has 0 atom stereocenters. The molecule has 1 aliphatic heterocycles. The zero-order chi connectivity index (χ0) is 15.1. The third-order valence-corrected chi connectivity index (χ3v) is 4.44. The predicted molar refractivity (Wildman–Crippen MR) is 90.3 cm³/mol. The lowest BCUT2D eigenvalue weighted by Crippen LogP contribution is -2.41. The molecule has 1 aliphatic rings. The zero-order valence-corrected chi connectivity index (χ0v) is 14.1. The minimum Gasteiger partial charge on any atom is -0.394 e. The number of nitrogens with one attached hydrogen (secondary N) is 1. The minimum absolute atomic E-state index is 0.0221. The van der Waals surface area contributed by atoms with Crippen molar-refractivity contribution in [3.63, 3.8) is 0 Å². The van der Waals surface area contributed by atoms with E-state index in [9.17, 15) is 4.79 Å². The van der Waals surface area contributed by atoms with Gasteiger partial charge in [-0.3, -0.25) is 9.69 Å². The van der Waals surface area contributed by atoms with Crippen LogP contribution in [-0.2, 0) is 9.53 Å². The number of rotatable bonds is 6. The molecule has 1 aromatic rings. The first-order valence-electron chi connectivity index (χ1n) is 7.18. The maximum atomic E-state index is 12.1. The highest BCUT2D eigenvalue weighted by atomic mass is 127. The molecule has 1 amide bonds. The molecule has 0 saturated carbocycles. The van der Waals surface area contributed by atoms with Crippen molar-refractivity contribution in [2.75, 3.05) is 38.2 Å². The number of benzene rings is 1. The Balaban J connectivity index is 1.73. The van der Waals surface area contributed by atoms with Crippen molar-refractivity contribution in [1.29, 1.82) is 0 Å². The molecule has 6 heteroatoms. The van der Waals surface area contributed by atoms with Crippen LogP contribution in [0.1, 0.15) is 12.8 Å². The second-order valence-corrected chi connectivity index (χ2v) is 6.26. The number of ether oxygens (including phenoxy) is 1. The van der Waals surface area contributed by atoms with E-state index in [4.69, 9.17) is 9.84 Å². The zero-order valence-electron chi connectivity index (χ0n) is 11.9. The molecule has 0 radical (unpaired) electrons. The van der Waals surface area contributed by atoms with Crippen molar-refractivity contribution in [2.24, 2.45) is 0 Å². The average Bonchev–Trinajstić information content (AvgIpc) is 2.49. The van der Waals surface area contributed by atoms with Gasteiger partial charge < -0.3 is 15.2 Å². The van der Waals surface area contributed by atoms with E-state index < -0.39 is 0 Å². The summed E-state index contributed by atoms with van der Waals surface area (Å²) in [5, 5.41) is 11.7. The molecule has 0 spiro atoms. The molecule has 1 heterocycles. The van der Waals surface area contributed by atoms with Crippen LogP contribution in [0.3, 0.4) is 0 Å². The van der Waals surface area contributed by atoms with Gasteiger partial charge in [-0.15, -0.1) is 0 Å². The fourth-order valence-electron chi connectivity index (χ4n) is 2.41. The van der Waals surface area contributed by atoms with Crippen LogP contribution in [0.4, 0.5) is 5.69 Å². The van der Waals surface area contributed by atoms with Crippen molar-refractivity contribution in [3.8, 4) is 0 Å². The normalized spacial score (nSPS) is 16.9. The smallest absolute Gasteiger partial charge is 0.238 e. The van der Waals surface area contributed by atoms with Crippen LogP contribution in [0.15, 0.2) is 24.3 Å². The number of amides is 1. The van der Waals surface area contributed by atoms with Crippen LogP contribution in [0.25, 0.3) is 0 Å². The molecule has 0 bridgehead atoms. The molecule has 0 aromatic heterocycles. The van der Waals surface area contributed by atoms with E-state index >= 15 is 0 Å². The average molecular weight is 404 g/mol. The maximum absolute atomic E-state index is 12.1. The number of piperidine rings is 1. The number of aliphatic hydroxyl groups is 1. The summed E-state index contributed by atoms with van der Waals surface area (Å²) in [5.74, 6) is 0.0221. The predicted octanol–water partition coefficient (Wildman–Crippen LogP) is 1.70. The molecule has 1 saturated heterocycles. The van der Waals surface area contributed by atoms with E-state index in [1.807, 2.05) is 24.3 Å². The first-order valence-corrected chi connectivity index (χ1v) is 8.26. The maximum Gasteiger partial charge on any atom is 0.238 e. The second kappa shape index (κ2) is 8.67. The third-order valence-electron chi connectivity index (χ3n) is 3.49. The topological polar surface area (TPSA) is 61.8 Å². The van der Waals surface area contributed by atoms with Gasteiger partial charge >= 0.3 is 0 Å². The van der Waals surface area contributed by atoms with Gasteiger partial charge in [0, 0.05) is 16.7 Å². The Labute approximate surface area is 138 Å². The Kier molecular flexibility index (Phi) is 6.88. The van der Waals surface area contributed by atoms with Crippen LogP contribution < -0.4 is 5.32 Å². The van der Waals surface area contributed by atoms with E-state index in [1.165, 1.54) is 0 Å². The SMILES string of the molecule is O=C(CN1CCC(OCCO)CC1)Nc1ccccc1I. The molecule has 2 N–H and O–H groups in total. The van der Waals surface area contributed by atoms with E-state index in [1.54, 1.807) is 0 Å². The van der Waals surface area contributed by atoms with Crippen LogP contribution in [0.5, 0.6) is 0 Å². The molecular weight excluding hydrogens is 383 g/mol. The number of para-hydroxylation sites is 1. The lowest BCUT2D eigenvalue weighted by atomic mass is 10.1. The first-order chi connectivity index (χ1) is 10.2. The number of nitrogens with zero attached hydrogens (tertiary/aromatic N) is 1. The summed E-state index contributed by atoms with van der Waals surface area (Å²) >= 11 is 2.21. The summed E-state index contributed by atoms with van der Waals surface area (Å²) in [5.41, 5.74) is 0.865. The number of carbonyl (C=O) groups is 1. The van der Waals surface area contributed by atoms with Crippen LogP contribution in [0.2, 0.25) is 0 Å². The van der Waals surface area contributed by atoms with Crippen molar-refractivity contribution < 1.29 is 14.6 Å². The second-order valence-electron chi connectivity index (χ2n) is 5.10. The number of hydrogen-bond donors (Lipinski definition) is 2. The highest BCUT2D eigenvalue weighted by Gasteiger charge is 2.21. The Morgan fingerprint density at radius 2 is 2.10 bits per heavy atom. The first kappa shape index (κ1) is 16.7. The number of halogens is 1. The largest absolute Gasteiger partial charge is 0.394 e. The molecular formula is C15H21IN2O3. The Morgan fingerprint density at radius 1 is 1.38 bits per heavy atom. The van der Waals surface area contributed by atoms with Gasteiger partial charge in [0.15, 0.2) is 0 Å². The summed E-state index contributed by atoms with van der Waals surface area (Å²) in [7, 11) is 0. The van der Waals surface area contributed by atoms with Gasteiger partial charge in [0.2, 0.25) is 5.91 Å². The fourth-order valence-corrected chi connectivity index (χ4v) is 2.93. The monoisotopic (exact) mass is 404 g/mol. The summed E-state index contributed by atoms with van der Waals surface area (Å²) in [6, 6.07) is 7.76. The molecule has 1 fully saturated rings. The van der Waals surface area contributed by atoms with Gasteiger partial charge in [-0.1, -0.05) is 12.1 Å². The summed E-state index contributed by atoms with van der Waals surface area (Å²) in [4.78, 5) is 14.2. The Bertz CT molecular complexity index is 462. The molecule has 0 unspecified atom stereocenters. The number of aliphatic hydroxyl groups excluding tert-OH is 1. The van der Waals surface area contributed by atoms with Crippen LogP contribution in [-0.4, -0.2) is 54.9 Å². The van der Waals surface area contributed by atoms with Gasteiger partial charge in [0.25, 0.3) is 0 Å². The van der Waals surface area contributed by atoms with Crippen LogP contribution in [0, 0.1) is 3.57 Å². The molecule has 2 rings (SSSR count). The van der Waals surface area contributed by atoms with Crippen molar-refractivity contribution in [1.82, 2.24) is 4.90 Å². The lowest BCUT2D eigenvalue weighted by Gasteiger charge is -2.31.